The van der Waals surface area contributed by atoms with Crippen molar-refractivity contribution >= 4 is 5.96 Å². The highest BCUT2D eigenvalue weighted by molar-refractivity contribution is 5.79. The number of piperidine rings is 1. The molecule has 0 aromatic heterocycles. The van der Waals surface area contributed by atoms with Crippen LogP contribution in [0.5, 0.6) is 0 Å². The van der Waals surface area contributed by atoms with Crippen molar-refractivity contribution in [2.75, 3.05) is 54.0 Å². The normalized spacial score (nSPS) is 22.7. The zero-order chi connectivity index (χ0) is 16.5. The van der Waals surface area contributed by atoms with Gasteiger partial charge in [0.15, 0.2) is 5.96 Å². The van der Waals surface area contributed by atoms with Gasteiger partial charge in [0, 0.05) is 33.9 Å². The fourth-order valence-electron chi connectivity index (χ4n) is 3.75. The van der Waals surface area contributed by atoms with E-state index in [0.29, 0.717) is 5.41 Å². The largest absolute Gasteiger partial charge is 0.385 e. The van der Waals surface area contributed by atoms with Crippen LogP contribution >= 0.6 is 0 Å². The fraction of sp³-hybridized carbons (Fsp3) is 0.944. The number of rotatable bonds is 8. The standard InChI is InChI=1S/C18H36N4O/c1-19-17(20-11-5-16-6-12-22(2)13-7-16)21-15-18(8-4-9-18)10-14-23-3/h16H,4-15H2,1-3H3,(H2,19,20,21). The first-order valence-corrected chi connectivity index (χ1v) is 9.29. The summed E-state index contributed by atoms with van der Waals surface area (Å²) in [5.41, 5.74) is 0.432. The Morgan fingerprint density at radius 3 is 2.57 bits per heavy atom. The number of hydrogen-bond acceptors (Lipinski definition) is 3. The monoisotopic (exact) mass is 324 g/mol. The summed E-state index contributed by atoms with van der Waals surface area (Å²) in [5.74, 6) is 1.83. The molecule has 2 rings (SSSR count). The number of nitrogens with one attached hydrogen (secondary N) is 2. The lowest BCUT2D eigenvalue weighted by Gasteiger charge is -2.42. The first kappa shape index (κ1) is 18.5. The lowest BCUT2D eigenvalue weighted by molar-refractivity contribution is 0.0732. The van der Waals surface area contributed by atoms with Gasteiger partial charge in [-0.25, -0.2) is 0 Å². The fourth-order valence-corrected chi connectivity index (χ4v) is 3.75. The van der Waals surface area contributed by atoms with Gasteiger partial charge in [-0.05, 0) is 70.0 Å². The predicted octanol–water partition coefficient (Wildman–Crippen LogP) is 2.09. The van der Waals surface area contributed by atoms with Gasteiger partial charge in [-0.2, -0.15) is 0 Å². The first-order chi connectivity index (χ1) is 11.2. The number of methoxy groups -OCH3 is 1. The van der Waals surface area contributed by atoms with E-state index in [0.717, 1.165) is 38.0 Å². The highest BCUT2D eigenvalue weighted by atomic mass is 16.5. The predicted molar refractivity (Wildman–Crippen MR) is 97.0 cm³/mol. The van der Waals surface area contributed by atoms with Crippen molar-refractivity contribution in [2.24, 2.45) is 16.3 Å². The molecule has 5 heteroatoms. The van der Waals surface area contributed by atoms with Crippen LogP contribution in [0.2, 0.25) is 0 Å². The Morgan fingerprint density at radius 1 is 1.26 bits per heavy atom. The van der Waals surface area contributed by atoms with Crippen molar-refractivity contribution in [3.63, 3.8) is 0 Å². The minimum absolute atomic E-state index is 0.432. The van der Waals surface area contributed by atoms with E-state index in [1.165, 1.54) is 51.6 Å². The highest BCUT2D eigenvalue weighted by Gasteiger charge is 2.36. The molecule has 5 nitrogen and oxygen atoms in total. The van der Waals surface area contributed by atoms with Gasteiger partial charge in [0.05, 0.1) is 0 Å². The van der Waals surface area contributed by atoms with E-state index in [1.807, 2.05) is 7.05 Å². The zero-order valence-electron chi connectivity index (χ0n) is 15.4. The minimum Gasteiger partial charge on any atom is -0.385 e. The Bertz CT molecular complexity index is 360. The van der Waals surface area contributed by atoms with Crippen molar-refractivity contribution < 1.29 is 4.74 Å². The van der Waals surface area contributed by atoms with Gasteiger partial charge in [0.25, 0.3) is 0 Å². The molecule has 0 atom stereocenters. The minimum atomic E-state index is 0.432. The van der Waals surface area contributed by atoms with E-state index in [9.17, 15) is 0 Å². The molecule has 23 heavy (non-hydrogen) atoms. The maximum atomic E-state index is 5.27. The molecule has 0 unspecified atom stereocenters. The van der Waals surface area contributed by atoms with E-state index in [2.05, 4.69) is 27.6 Å². The Labute approximate surface area is 142 Å². The van der Waals surface area contributed by atoms with Crippen LogP contribution in [-0.2, 0) is 4.74 Å². The maximum Gasteiger partial charge on any atom is 0.190 e. The third-order valence-electron chi connectivity index (χ3n) is 5.79. The van der Waals surface area contributed by atoms with Crippen LogP contribution in [-0.4, -0.2) is 64.9 Å². The van der Waals surface area contributed by atoms with Crippen LogP contribution in [0.15, 0.2) is 4.99 Å². The molecule has 0 radical (unpaired) electrons. The van der Waals surface area contributed by atoms with Gasteiger partial charge < -0.3 is 20.3 Å². The number of hydrogen-bond donors (Lipinski definition) is 2. The second-order valence-electron chi connectivity index (χ2n) is 7.48. The van der Waals surface area contributed by atoms with E-state index in [1.54, 1.807) is 7.11 Å². The van der Waals surface area contributed by atoms with Crippen LogP contribution in [0.3, 0.4) is 0 Å². The summed E-state index contributed by atoms with van der Waals surface area (Å²) in [7, 11) is 5.89. The van der Waals surface area contributed by atoms with E-state index in [-0.39, 0.29) is 0 Å². The molecule has 0 aromatic rings. The Balaban J connectivity index is 1.63. The number of ether oxygens (including phenoxy) is 1. The number of aliphatic imine (C=N–C) groups is 1. The molecule has 1 saturated carbocycles. The quantitative estimate of drug-likeness (QED) is 0.530. The second kappa shape index (κ2) is 9.48. The van der Waals surface area contributed by atoms with E-state index in [4.69, 9.17) is 4.74 Å². The number of guanidine groups is 1. The molecule has 0 bridgehead atoms. The summed E-state index contributed by atoms with van der Waals surface area (Å²) in [5, 5.41) is 7.04. The van der Waals surface area contributed by atoms with Crippen molar-refractivity contribution in [3.05, 3.63) is 0 Å². The molecule has 134 valence electrons. The summed E-state index contributed by atoms with van der Waals surface area (Å²) in [4.78, 5) is 6.81. The molecule has 1 saturated heterocycles. The average Bonchev–Trinajstić information content (AvgIpc) is 2.53. The third-order valence-corrected chi connectivity index (χ3v) is 5.79. The summed E-state index contributed by atoms with van der Waals surface area (Å²) in [6.45, 7) is 5.41. The van der Waals surface area contributed by atoms with Gasteiger partial charge >= 0.3 is 0 Å². The molecule has 2 fully saturated rings. The zero-order valence-corrected chi connectivity index (χ0v) is 15.4. The van der Waals surface area contributed by atoms with Crippen molar-refractivity contribution in [2.45, 2.75) is 44.9 Å². The van der Waals surface area contributed by atoms with Crippen LogP contribution < -0.4 is 10.6 Å². The second-order valence-corrected chi connectivity index (χ2v) is 7.48. The van der Waals surface area contributed by atoms with E-state index >= 15 is 0 Å². The summed E-state index contributed by atoms with van der Waals surface area (Å²) in [6.07, 6.45) is 9.07. The van der Waals surface area contributed by atoms with Crippen molar-refractivity contribution in [3.8, 4) is 0 Å². The Kier molecular flexibility index (Phi) is 7.63. The van der Waals surface area contributed by atoms with Gasteiger partial charge in [-0.3, -0.25) is 4.99 Å². The Hall–Kier alpha value is -0.810. The Morgan fingerprint density at radius 2 is 2.00 bits per heavy atom. The van der Waals surface area contributed by atoms with Gasteiger partial charge in [0.1, 0.15) is 0 Å². The van der Waals surface area contributed by atoms with Gasteiger partial charge in [0.2, 0.25) is 0 Å². The van der Waals surface area contributed by atoms with E-state index < -0.39 is 0 Å². The SMILES string of the molecule is CN=C(NCCC1CCN(C)CC1)NCC1(CCOC)CCC1. The van der Waals surface area contributed by atoms with Crippen LogP contribution in [0.25, 0.3) is 0 Å². The lowest BCUT2D eigenvalue weighted by Crippen LogP contribution is -2.47. The molecule has 1 aliphatic heterocycles. The number of likely N-dealkylation sites (tertiary alicyclic amines) is 1. The van der Waals surface area contributed by atoms with Crippen LogP contribution in [0.1, 0.15) is 44.9 Å². The number of nitrogens with zero attached hydrogens (tertiary/aromatic N) is 2. The molecular formula is C18H36N4O. The van der Waals surface area contributed by atoms with Crippen LogP contribution in [0.4, 0.5) is 0 Å². The molecule has 2 N–H and O–H groups in total. The smallest absolute Gasteiger partial charge is 0.190 e. The molecule has 1 heterocycles. The molecule has 0 amide bonds. The van der Waals surface area contributed by atoms with Crippen molar-refractivity contribution in [1.29, 1.82) is 0 Å². The first-order valence-electron chi connectivity index (χ1n) is 9.29. The summed E-state index contributed by atoms with van der Waals surface area (Å²) < 4.78 is 5.27. The van der Waals surface area contributed by atoms with Gasteiger partial charge in [-0.15, -0.1) is 0 Å². The molecule has 0 spiro atoms. The molecule has 0 aromatic carbocycles. The maximum absolute atomic E-state index is 5.27. The summed E-state index contributed by atoms with van der Waals surface area (Å²) >= 11 is 0. The van der Waals surface area contributed by atoms with Gasteiger partial charge in [-0.1, -0.05) is 6.42 Å². The molecule has 1 aliphatic carbocycles. The van der Waals surface area contributed by atoms with Crippen LogP contribution in [0, 0.1) is 11.3 Å². The molecular weight excluding hydrogens is 288 g/mol. The molecule has 2 aliphatic rings. The van der Waals surface area contributed by atoms with Crippen molar-refractivity contribution in [1.82, 2.24) is 15.5 Å². The summed E-state index contributed by atoms with van der Waals surface area (Å²) in [6, 6.07) is 0. The highest BCUT2D eigenvalue weighted by Crippen LogP contribution is 2.43. The lowest BCUT2D eigenvalue weighted by atomic mass is 9.67. The average molecular weight is 325 g/mol. The topological polar surface area (TPSA) is 48.9 Å². The third kappa shape index (κ3) is 5.96.